The van der Waals surface area contributed by atoms with Crippen LogP contribution in [0.5, 0.6) is 0 Å². The fraction of sp³-hybridized carbons (Fsp3) is 0.333. The van der Waals surface area contributed by atoms with E-state index in [1.54, 1.807) is 6.20 Å². The smallest absolute Gasteiger partial charge is 0.147 e. The predicted molar refractivity (Wildman–Crippen MR) is 82.4 cm³/mol. The maximum Gasteiger partial charge on any atom is 0.147 e. The van der Waals surface area contributed by atoms with E-state index in [-0.39, 0.29) is 11.8 Å². The molecule has 0 fully saturated rings. The lowest BCUT2D eigenvalue weighted by Gasteiger charge is -2.16. The van der Waals surface area contributed by atoms with E-state index in [1.165, 1.54) is 5.69 Å². The number of hydrogen-bond donors (Lipinski definition) is 3. The van der Waals surface area contributed by atoms with Crippen LogP contribution in [0.2, 0.25) is 0 Å². The van der Waals surface area contributed by atoms with Gasteiger partial charge in [-0.3, -0.25) is 4.68 Å². The number of aromatic nitrogens is 2. The first-order chi connectivity index (χ1) is 10.2. The average Bonchev–Trinajstić information content (AvgIpc) is 2.93. The van der Waals surface area contributed by atoms with Gasteiger partial charge < -0.3 is 16.3 Å². The van der Waals surface area contributed by atoms with Crippen LogP contribution in [-0.4, -0.2) is 33.9 Å². The molecule has 0 aliphatic carbocycles. The van der Waals surface area contributed by atoms with Gasteiger partial charge in [-0.15, -0.1) is 0 Å². The second kappa shape index (κ2) is 7.44. The lowest BCUT2D eigenvalue weighted by atomic mass is 9.98. The van der Waals surface area contributed by atoms with Crippen LogP contribution in [0.1, 0.15) is 17.2 Å². The molecule has 0 aliphatic rings. The SMILES string of the molecule is Cn1nccc1CCNCC(/C(N)=N/O)c1ccccc1. The Morgan fingerprint density at radius 2 is 2.14 bits per heavy atom. The summed E-state index contributed by atoms with van der Waals surface area (Å²) in [5, 5.41) is 19.6. The Labute approximate surface area is 124 Å². The number of oxime groups is 1. The number of hydrogen-bond acceptors (Lipinski definition) is 4. The highest BCUT2D eigenvalue weighted by Crippen LogP contribution is 2.14. The minimum absolute atomic E-state index is 0.136. The van der Waals surface area contributed by atoms with Crippen LogP contribution >= 0.6 is 0 Å². The first kappa shape index (κ1) is 15.1. The molecule has 0 bridgehead atoms. The summed E-state index contributed by atoms with van der Waals surface area (Å²) >= 11 is 0. The fourth-order valence-electron chi connectivity index (χ4n) is 2.26. The molecule has 6 heteroatoms. The standard InChI is InChI=1S/C15H21N5O/c1-20-13(8-10-18-20)7-9-17-11-14(15(16)19-21)12-5-3-2-4-6-12/h2-6,8,10,14,17,21H,7,9,11H2,1H3,(H2,16,19). The molecular formula is C15H21N5O. The molecule has 1 aromatic heterocycles. The number of rotatable bonds is 7. The lowest BCUT2D eigenvalue weighted by molar-refractivity contribution is 0.315. The highest BCUT2D eigenvalue weighted by molar-refractivity contribution is 5.87. The molecule has 1 unspecified atom stereocenters. The summed E-state index contributed by atoms with van der Waals surface area (Å²) in [6.45, 7) is 1.43. The van der Waals surface area contributed by atoms with E-state index >= 15 is 0 Å². The summed E-state index contributed by atoms with van der Waals surface area (Å²) in [5.74, 6) is 0.0805. The Hall–Kier alpha value is -2.34. The maximum absolute atomic E-state index is 8.93. The summed E-state index contributed by atoms with van der Waals surface area (Å²) in [6.07, 6.45) is 2.67. The normalized spacial score (nSPS) is 13.3. The van der Waals surface area contributed by atoms with E-state index in [4.69, 9.17) is 10.9 Å². The zero-order chi connectivity index (χ0) is 15.1. The molecule has 1 aromatic carbocycles. The van der Waals surface area contributed by atoms with Crippen molar-refractivity contribution in [2.45, 2.75) is 12.3 Å². The third-order valence-electron chi connectivity index (χ3n) is 3.50. The van der Waals surface area contributed by atoms with Crippen LogP contribution in [0, 0.1) is 0 Å². The van der Waals surface area contributed by atoms with Gasteiger partial charge in [0.15, 0.2) is 0 Å². The van der Waals surface area contributed by atoms with Crippen molar-refractivity contribution in [3.05, 3.63) is 53.9 Å². The Morgan fingerprint density at radius 3 is 2.76 bits per heavy atom. The lowest BCUT2D eigenvalue weighted by Crippen LogP contribution is -2.32. The number of amidine groups is 1. The highest BCUT2D eigenvalue weighted by atomic mass is 16.4. The van der Waals surface area contributed by atoms with Crippen molar-refractivity contribution in [2.24, 2.45) is 17.9 Å². The Bertz CT molecular complexity index is 579. The number of nitrogens with two attached hydrogens (primary N) is 1. The first-order valence-corrected chi connectivity index (χ1v) is 6.92. The van der Waals surface area contributed by atoms with Crippen LogP contribution in [-0.2, 0) is 13.5 Å². The van der Waals surface area contributed by atoms with E-state index in [9.17, 15) is 0 Å². The van der Waals surface area contributed by atoms with Crippen molar-refractivity contribution in [2.75, 3.05) is 13.1 Å². The number of nitrogens with one attached hydrogen (secondary N) is 1. The van der Waals surface area contributed by atoms with Gasteiger partial charge in [0.1, 0.15) is 5.84 Å². The van der Waals surface area contributed by atoms with Gasteiger partial charge in [0, 0.05) is 38.4 Å². The third kappa shape index (κ3) is 4.06. The highest BCUT2D eigenvalue weighted by Gasteiger charge is 2.15. The molecular weight excluding hydrogens is 266 g/mol. The monoisotopic (exact) mass is 287 g/mol. The molecule has 1 heterocycles. The Kier molecular flexibility index (Phi) is 5.34. The van der Waals surface area contributed by atoms with Gasteiger partial charge in [-0.05, 0) is 11.6 Å². The molecule has 0 amide bonds. The quantitative estimate of drug-likeness (QED) is 0.234. The molecule has 0 aliphatic heterocycles. The Balaban J connectivity index is 1.90. The van der Waals surface area contributed by atoms with Gasteiger partial charge in [-0.2, -0.15) is 5.10 Å². The summed E-state index contributed by atoms with van der Waals surface area (Å²) in [6, 6.07) is 11.8. The Morgan fingerprint density at radius 1 is 1.38 bits per heavy atom. The molecule has 21 heavy (non-hydrogen) atoms. The van der Waals surface area contributed by atoms with Crippen molar-refractivity contribution < 1.29 is 5.21 Å². The largest absolute Gasteiger partial charge is 0.409 e. The van der Waals surface area contributed by atoms with Crippen LogP contribution in [0.3, 0.4) is 0 Å². The molecule has 112 valence electrons. The molecule has 0 radical (unpaired) electrons. The van der Waals surface area contributed by atoms with E-state index in [0.717, 1.165) is 18.5 Å². The second-order valence-electron chi connectivity index (χ2n) is 4.89. The number of nitrogens with zero attached hydrogens (tertiary/aromatic N) is 3. The zero-order valence-corrected chi connectivity index (χ0v) is 12.1. The summed E-state index contributed by atoms with van der Waals surface area (Å²) in [7, 11) is 1.93. The van der Waals surface area contributed by atoms with Gasteiger partial charge in [0.2, 0.25) is 0 Å². The minimum atomic E-state index is -0.136. The minimum Gasteiger partial charge on any atom is -0.409 e. The van der Waals surface area contributed by atoms with Crippen molar-refractivity contribution >= 4 is 5.84 Å². The van der Waals surface area contributed by atoms with Crippen molar-refractivity contribution in [1.82, 2.24) is 15.1 Å². The number of benzene rings is 1. The van der Waals surface area contributed by atoms with Crippen LogP contribution in [0.15, 0.2) is 47.8 Å². The molecule has 2 aromatic rings. The topological polar surface area (TPSA) is 88.5 Å². The van der Waals surface area contributed by atoms with E-state index in [2.05, 4.69) is 15.6 Å². The third-order valence-corrected chi connectivity index (χ3v) is 3.50. The van der Waals surface area contributed by atoms with Crippen LogP contribution < -0.4 is 11.1 Å². The number of aryl methyl sites for hydroxylation is 1. The maximum atomic E-state index is 8.93. The molecule has 0 saturated heterocycles. The van der Waals surface area contributed by atoms with Crippen molar-refractivity contribution in [3.63, 3.8) is 0 Å². The fourth-order valence-corrected chi connectivity index (χ4v) is 2.26. The van der Waals surface area contributed by atoms with Crippen molar-refractivity contribution in [3.8, 4) is 0 Å². The molecule has 1 atom stereocenters. The molecule has 0 saturated carbocycles. The molecule has 0 spiro atoms. The van der Waals surface area contributed by atoms with Crippen molar-refractivity contribution in [1.29, 1.82) is 0 Å². The first-order valence-electron chi connectivity index (χ1n) is 6.92. The molecule has 4 N–H and O–H groups in total. The van der Waals surface area contributed by atoms with E-state index in [1.807, 2.05) is 48.1 Å². The molecule has 2 rings (SSSR count). The average molecular weight is 287 g/mol. The summed E-state index contributed by atoms with van der Waals surface area (Å²) in [5.41, 5.74) is 7.99. The second-order valence-corrected chi connectivity index (χ2v) is 4.89. The van der Waals surface area contributed by atoms with Gasteiger partial charge in [0.05, 0.1) is 5.92 Å². The van der Waals surface area contributed by atoms with Gasteiger partial charge in [-0.25, -0.2) is 0 Å². The van der Waals surface area contributed by atoms with Crippen LogP contribution in [0.25, 0.3) is 0 Å². The summed E-state index contributed by atoms with van der Waals surface area (Å²) < 4.78 is 1.86. The predicted octanol–water partition coefficient (Wildman–Crippen LogP) is 1.08. The van der Waals surface area contributed by atoms with Gasteiger partial charge in [-0.1, -0.05) is 35.5 Å². The molecule has 6 nitrogen and oxygen atoms in total. The zero-order valence-electron chi connectivity index (χ0n) is 12.1. The summed E-state index contributed by atoms with van der Waals surface area (Å²) in [4.78, 5) is 0. The van der Waals surface area contributed by atoms with Crippen LogP contribution in [0.4, 0.5) is 0 Å². The van der Waals surface area contributed by atoms with E-state index in [0.29, 0.717) is 6.54 Å². The van der Waals surface area contributed by atoms with Gasteiger partial charge >= 0.3 is 0 Å². The van der Waals surface area contributed by atoms with E-state index < -0.39 is 0 Å². The van der Waals surface area contributed by atoms with Gasteiger partial charge in [0.25, 0.3) is 0 Å².